The summed E-state index contributed by atoms with van der Waals surface area (Å²) >= 11 is 0. The number of fused-ring (bicyclic) bond motifs is 1. The number of rotatable bonds is 9. The van der Waals surface area contributed by atoms with E-state index in [4.69, 9.17) is 14.2 Å². The lowest BCUT2D eigenvalue weighted by Gasteiger charge is -2.28. The summed E-state index contributed by atoms with van der Waals surface area (Å²) in [7, 11) is 3.76. The Bertz CT molecular complexity index is 1460. The number of carbonyl (C=O) groups is 2. The minimum atomic E-state index is -0.252. The van der Waals surface area contributed by atoms with Crippen molar-refractivity contribution in [3.63, 3.8) is 0 Å². The van der Waals surface area contributed by atoms with Crippen LogP contribution in [-0.2, 0) is 9.59 Å². The minimum Gasteiger partial charge on any atom is -0.493 e. The molecule has 0 unspecified atom stereocenters. The Hall–Kier alpha value is -4.24. The van der Waals surface area contributed by atoms with Gasteiger partial charge < -0.3 is 24.4 Å². The van der Waals surface area contributed by atoms with Crippen LogP contribution in [-0.4, -0.2) is 66.9 Å². The van der Waals surface area contributed by atoms with E-state index in [1.807, 2.05) is 25.1 Å². The Kier molecular flexibility index (Phi) is 7.88. The molecule has 1 N–H and O–H groups in total. The topological polar surface area (TPSA) is 103 Å². The van der Waals surface area contributed by atoms with Crippen LogP contribution >= 0.6 is 0 Å². The third kappa shape index (κ3) is 5.93. The first-order valence-electron chi connectivity index (χ1n) is 13.1. The summed E-state index contributed by atoms with van der Waals surface area (Å²) in [6.45, 7) is 5.08. The van der Waals surface area contributed by atoms with Crippen LogP contribution in [0, 0.1) is 5.92 Å². The second-order valence-corrected chi connectivity index (χ2v) is 9.73. The Morgan fingerprint density at radius 3 is 2.59 bits per heavy atom. The molecule has 0 radical (unpaired) electrons. The molecule has 202 valence electrons. The van der Waals surface area contributed by atoms with E-state index >= 15 is 0 Å². The van der Waals surface area contributed by atoms with Gasteiger partial charge in [0.2, 0.25) is 0 Å². The van der Waals surface area contributed by atoms with Gasteiger partial charge in [0, 0.05) is 28.3 Å². The largest absolute Gasteiger partial charge is 0.493 e. The van der Waals surface area contributed by atoms with Gasteiger partial charge in [-0.15, -0.1) is 0 Å². The Morgan fingerprint density at radius 1 is 1.00 bits per heavy atom. The van der Waals surface area contributed by atoms with Gasteiger partial charge in [-0.05, 0) is 88.3 Å². The number of aromatic nitrogens is 2. The fourth-order valence-electron chi connectivity index (χ4n) is 4.83. The summed E-state index contributed by atoms with van der Waals surface area (Å²) < 4.78 is 17.6. The van der Waals surface area contributed by atoms with Crippen LogP contribution in [0.5, 0.6) is 17.2 Å². The van der Waals surface area contributed by atoms with E-state index in [0.29, 0.717) is 59.0 Å². The number of carbonyl (C=O) groups excluding carboxylic acids is 2. The van der Waals surface area contributed by atoms with Crippen LogP contribution in [0.2, 0.25) is 0 Å². The molecule has 1 aliphatic heterocycles. The summed E-state index contributed by atoms with van der Waals surface area (Å²) in [5, 5.41) is 4.08. The standard InChI is InChI=1S/C30H32N4O5/c1-4-38-27-8-5-20(13-23(27)22-14-21(35)6-7-26(22)36)33-30-24-15-28(37-3)29(16-25(24)31-18-32-30)39-17-19-9-11-34(2)12-10-19/h5-8,13-16,18-19H,4,9-12,17H2,1-3H3,(H,31,32,33). The molecule has 0 bridgehead atoms. The summed E-state index contributed by atoms with van der Waals surface area (Å²) in [4.78, 5) is 35.8. The van der Waals surface area contributed by atoms with Gasteiger partial charge in [0.05, 0.1) is 25.8 Å². The van der Waals surface area contributed by atoms with Crippen LogP contribution in [0.1, 0.15) is 25.3 Å². The van der Waals surface area contributed by atoms with Gasteiger partial charge in [0.25, 0.3) is 0 Å². The van der Waals surface area contributed by atoms with Crippen molar-refractivity contribution in [2.45, 2.75) is 19.8 Å². The number of benzene rings is 2. The van der Waals surface area contributed by atoms with E-state index in [1.54, 1.807) is 19.2 Å². The maximum atomic E-state index is 12.6. The highest BCUT2D eigenvalue weighted by Gasteiger charge is 2.21. The highest BCUT2D eigenvalue weighted by Crippen LogP contribution is 2.37. The number of methoxy groups -OCH3 is 1. The molecule has 2 aromatic carbocycles. The van der Waals surface area contributed by atoms with Crippen molar-refractivity contribution in [1.29, 1.82) is 0 Å². The van der Waals surface area contributed by atoms with Crippen molar-refractivity contribution in [2.75, 3.05) is 45.8 Å². The third-order valence-electron chi connectivity index (χ3n) is 7.02. The fourth-order valence-corrected chi connectivity index (χ4v) is 4.83. The van der Waals surface area contributed by atoms with Gasteiger partial charge in [0.1, 0.15) is 17.9 Å². The molecule has 9 nitrogen and oxygen atoms in total. The van der Waals surface area contributed by atoms with E-state index < -0.39 is 0 Å². The number of piperidine rings is 1. The number of allylic oxidation sites excluding steroid dienone is 4. The molecule has 5 rings (SSSR count). The van der Waals surface area contributed by atoms with E-state index in [0.717, 1.165) is 31.3 Å². The summed E-state index contributed by atoms with van der Waals surface area (Å²) in [6, 6.07) is 9.14. The molecule has 9 heteroatoms. The molecule has 1 aromatic heterocycles. The lowest BCUT2D eigenvalue weighted by atomic mass is 9.95. The molecule has 2 aliphatic rings. The van der Waals surface area contributed by atoms with E-state index in [1.165, 1.54) is 24.6 Å². The summed E-state index contributed by atoms with van der Waals surface area (Å²) in [6.07, 6.45) is 7.59. The van der Waals surface area contributed by atoms with Gasteiger partial charge in [-0.2, -0.15) is 0 Å². The van der Waals surface area contributed by atoms with Crippen LogP contribution in [0.3, 0.4) is 0 Å². The zero-order valence-electron chi connectivity index (χ0n) is 22.4. The lowest BCUT2D eigenvalue weighted by molar-refractivity contribution is -0.113. The smallest absolute Gasteiger partial charge is 0.186 e. The molecule has 3 aromatic rings. The zero-order valence-corrected chi connectivity index (χ0v) is 22.4. The summed E-state index contributed by atoms with van der Waals surface area (Å²) in [5.41, 5.74) is 2.20. The van der Waals surface area contributed by atoms with Crippen LogP contribution in [0.25, 0.3) is 16.5 Å². The second kappa shape index (κ2) is 11.7. The Morgan fingerprint density at radius 2 is 1.82 bits per heavy atom. The van der Waals surface area contributed by atoms with Crippen molar-refractivity contribution >= 4 is 39.5 Å². The number of ketones is 2. The second-order valence-electron chi connectivity index (χ2n) is 9.73. The first-order chi connectivity index (χ1) is 18.9. The molecule has 39 heavy (non-hydrogen) atoms. The number of likely N-dealkylation sites (tertiary alicyclic amines) is 1. The Labute approximate surface area is 227 Å². The first-order valence-corrected chi connectivity index (χ1v) is 13.1. The normalized spacial score (nSPS) is 16.3. The van der Waals surface area contributed by atoms with Crippen molar-refractivity contribution in [2.24, 2.45) is 5.92 Å². The Balaban J connectivity index is 1.43. The average Bonchev–Trinajstić information content (AvgIpc) is 2.94. The predicted molar refractivity (Wildman–Crippen MR) is 150 cm³/mol. The van der Waals surface area contributed by atoms with Gasteiger partial charge in [-0.25, -0.2) is 9.97 Å². The van der Waals surface area contributed by atoms with Gasteiger partial charge >= 0.3 is 0 Å². The molecule has 1 saturated heterocycles. The predicted octanol–water partition coefficient (Wildman–Crippen LogP) is 4.59. The molecule has 0 spiro atoms. The molecule has 1 aliphatic carbocycles. The minimum absolute atomic E-state index is 0.242. The lowest BCUT2D eigenvalue weighted by Crippen LogP contribution is -2.32. The van der Waals surface area contributed by atoms with Crippen LogP contribution in [0.4, 0.5) is 11.5 Å². The number of anilines is 2. The van der Waals surface area contributed by atoms with E-state index in [9.17, 15) is 9.59 Å². The molecule has 1 fully saturated rings. The fraction of sp³-hybridized carbons (Fsp3) is 0.333. The number of ether oxygens (including phenoxy) is 3. The number of hydrogen-bond acceptors (Lipinski definition) is 9. The van der Waals surface area contributed by atoms with Crippen LogP contribution in [0.15, 0.2) is 54.9 Å². The van der Waals surface area contributed by atoms with Crippen molar-refractivity contribution in [3.8, 4) is 17.2 Å². The average molecular weight is 529 g/mol. The molecule has 2 heterocycles. The van der Waals surface area contributed by atoms with E-state index in [2.05, 4.69) is 27.2 Å². The van der Waals surface area contributed by atoms with E-state index in [-0.39, 0.29) is 17.1 Å². The molecule has 0 atom stereocenters. The van der Waals surface area contributed by atoms with Gasteiger partial charge in [-0.1, -0.05) is 0 Å². The third-order valence-corrected chi connectivity index (χ3v) is 7.02. The maximum Gasteiger partial charge on any atom is 0.186 e. The quantitative estimate of drug-likeness (QED) is 0.399. The highest BCUT2D eigenvalue weighted by atomic mass is 16.5. The summed E-state index contributed by atoms with van der Waals surface area (Å²) in [5.74, 6) is 2.35. The first kappa shape index (κ1) is 26.4. The number of nitrogens with zero attached hydrogens (tertiary/aromatic N) is 3. The monoisotopic (exact) mass is 528 g/mol. The SMILES string of the molecule is CCOc1ccc(Nc2ncnc3cc(OCC4CCN(C)CC4)c(OC)cc23)cc1C1=CC(=O)C=CC1=O. The van der Waals surface area contributed by atoms with Crippen molar-refractivity contribution in [1.82, 2.24) is 14.9 Å². The molecular formula is C30H32N4O5. The van der Waals surface area contributed by atoms with Crippen molar-refractivity contribution < 1.29 is 23.8 Å². The van der Waals surface area contributed by atoms with Crippen LogP contribution < -0.4 is 19.5 Å². The molecular weight excluding hydrogens is 496 g/mol. The number of nitrogens with one attached hydrogen (secondary N) is 1. The van der Waals surface area contributed by atoms with Crippen molar-refractivity contribution in [3.05, 3.63) is 60.5 Å². The van der Waals surface area contributed by atoms with Gasteiger partial charge in [-0.3, -0.25) is 9.59 Å². The van der Waals surface area contributed by atoms with Gasteiger partial charge in [0.15, 0.2) is 23.1 Å². The zero-order chi connectivity index (χ0) is 27.4. The number of hydrogen-bond donors (Lipinski definition) is 1. The molecule has 0 saturated carbocycles. The highest BCUT2D eigenvalue weighted by molar-refractivity contribution is 6.34. The maximum absolute atomic E-state index is 12.6. The molecule has 0 amide bonds.